The van der Waals surface area contributed by atoms with Crippen molar-refractivity contribution in [3.8, 4) is 0 Å². The number of aromatic carboxylic acids is 1. The van der Waals surface area contributed by atoms with E-state index in [9.17, 15) is 14.4 Å². The minimum atomic E-state index is -1.00. The van der Waals surface area contributed by atoms with Crippen LogP contribution in [0.25, 0.3) is 11.0 Å². The molecule has 9 nitrogen and oxygen atoms in total. The first-order chi connectivity index (χ1) is 13.0. The molecule has 1 fully saturated rings. The largest absolute Gasteiger partial charge is 0.478 e. The number of carboxylic acids is 1. The number of piperidine rings is 1. The van der Waals surface area contributed by atoms with Gasteiger partial charge in [0.2, 0.25) is 5.91 Å². The molecule has 0 unspecified atom stereocenters. The molecule has 27 heavy (non-hydrogen) atoms. The number of imidazole rings is 1. The summed E-state index contributed by atoms with van der Waals surface area (Å²) in [4.78, 5) is 40.2. The van der Waals surface area contributed by atoms with E-state index >= 15 is 0 Å². The molecule has 1 aliphatic heterocycles. The van der Waals surface area contributed by atoms with Crippen molar-refractivity contribution in [3.63, 3.8) is 0 Å². The Hall–Kier alpha value is -3.36. The minimum absolute atomic E-state index is 0.00154. The summed E-state index contributed by atoms with van der Waals surface area (Å²) in [7, 11) is 0. The van der Waals surface area contributed by atoms with Crippen LogP contribution >= 0.6 is 0 Å². The Bertz CT molecular complexity index is 1060. The summed E-state index contributed by atoms with van der Waals surface area (Å²) in [6, 6.07) is 7.35. The maximum atomic E-state index is 12.7. The minimum Gasteiger partial charge on any atom is -0.478 e. The molecule has 0 bridgehead atoms. The highest BCUT2D eigenvalue weighted by Gasteiger charge is 2.25. The first kappa shape index (κ1) is 17.1. The van der Waals surface area contributed by atoms with E-state index in [0.29, 0.717) is 37.0 Å². The zero-order valence-electron chi connectivity index (χ0n) is 14.5. The number of hydrogen-bond acceptors (Lipinski definition) is 4. The van der Waals surface area contributed by atoms with Crippen LogP contribution in [0.4, 0.5) is 0 Å². The highest BCUT2D eigenvalue weighted by atomic mass is 16.4. The average Bonchev–Trinajstić information content (AvgIpc) is 3.28. The highest BCUT2D eigenvalue weighted by Crippen LogP contribution is 2.22. The molecule has 1 amide bonds. The summed E-state index contributed by atoms with van der Waals surface area (Å²) in [6.07, 6.45) is 4.24. The molecule has 1 aliphatic rings. The van der Waals surface area contributed by atoms with Gasteiger partial charge in [0.25, 0.3) is 0 Å². The zero-order valence-corrected chi connectivity index (χ0v) is 14.5. The number of carboxylic acid groups (broad SMARTS) is 1. The van der Waals surface area contributed by atoms with Crippen LogP contribution in [0.5, 0.6) is 0 Å². The van der Waals surface area contributed by atoms with Gasteiger partial charge < -0.3 is 15.0 Å². The van der Waals surface area contributed by atoms with Crippen molar-refractivity contribution < 1.29 is 14.7 Å². The van der Waals surface area contributed by atoms with Crippen molar-refractivity contribution in [2.24, 2.45) is 0 Å². The number of amides is 1. The summed E-state index contributed by atoms with van der Waals surface area (Å²) in [6.45, 7) is 1.09. The molecular weight excluding hydrogens is 350 g/mol. The van der Waals surface area contributed by atoms with Gasteiger partial charge in [-0.15, -0.1) is 0 Å². The van der Waals surface area contributed by atoms with Crippen molar-refractivity contribution in [1.82, 2.24) is 24.2 Å². The normalized spacial score (nSPS) is 15.3. The lowest BCUT2D eigenvalue weighted by atomic mass is 10.1. The van der Waals surface area contributed by atoms with Gasteiger partial charge in [-0.25, -0.2) is 9.59 Å². The third-order valence-electron chi connectivity index (χ3n) is 5.01. The Morgan fingerprint density at radius 3 is 2.67 bits per heavy atom. The number of benzene rings is 1. The monoisotopic (exact) mass is 369 g/mol. The van der Waals surface area contributed by atoms with E-state index in [-0.39, 0.29) is 29.7 Å². The molecule has 9 heteroatoms. The molecule has 2 aromatic heterocycles. The summed E-state index contributed by atoms with van der Waals surface area (Å²) in [5.41, 5.74) is 1.29. The lowest BCUT2D eigenvalue weighted by molar-refractivity contribution is -0.133. The van der Waals surface area contributed by atoms with Crippen molar-refractivity contribution >= 4 is 22.9 Å². The predicted octanol–water partition coefficient (Wildman–Crippen LogP) is 1.09. The van der Waals surface area contributed by atoms with E-state index < -0.39 is 5.97 Å². The van der Waals surface area contributed by atoms with Crippen LogP contribution in [0.1, 0.15) is 29.2 Å². The van der Waals surface area contributed by atoms with E-state index in [1.54, 1.807) is 15.6 Å². The number of rotatable bonds is 4. The Kier molecular flexibility index (Phi) is 4.27. The number of fused-ring (bicyclic) bond motifs is 1. The van der Waals surface area contributed by atoms with Gasteiger partial charge >= 0.3 is 11.7 Å². The number of nitrogens with zero attached hydrogens (tertiary/aromatic N) is 4. The molecular formula is C18H19N5O4. The van der Waals surface area contributed by atoms with Crippen molar-refractivity contribution in [2.75, 3.05) is 13.1 Å². The van der Waals surface area contributed by atoms with Crippen LogP contribution in [-0.2, 0) is 11.3 Å². The average molecular weight is 369 g/mol. The number of hydrogen-bond donors (Lipinski definition) is 2. The number of carbonyl (C=O) groups is 2. The second-order valence-electron chi connectivity index (χ2n) is 6.66. The standard InChI is InChI=1S/C18H19N5O4/c24-16(11-22-15-4-2-1-3-14(15)20-18(22)27)21-7-5-13(6-8-21)23-10-12(9-19-23)17(25)26/h1-4,9-10,13H,5-8,11H2,(H,20,27)(H,25,26). The maximum absolute atomic E-state index is 12.7. The number of aromatic amines is 1. The smallest absolute Gasteiger partial charge is 0.338 e. The number of aromatic nitrogens is 4. The molecule has 0 aliphatic carbocycles. The van der Waals surface area contributed by atoms with Gasteiger partial charge in [0.05, 0.1) is 28.8 Å². The fourth-order valence-electron chi connectivity index (χ4n) is 3.53. The van der Waals surface area contributed by atoms with Crippen molar-refractivity contribution in [3.05, 3.63) is 52.7 Å². The topological polar surface area (TPSA) is 113 Å². The van der Waals surface area contributed by atoms with E-state index in [0.717, 1.165) is 0 Å². The lowest BCUT2D eigenvalue weighted by Gasteiger charge is -2.32. The first-order valence-corrected chi connectivity index (χ1v) is 8.75. The molecule has 1 aromatic carbocycles. The van der Waals surface area contributed by atoms with Crippen LogP contribution in [0.15, 0.2) is 41.5 Å². The predicted molar refractivity (Wildman–Crippen MR) is 96.6 cm³/mol. The van der Waals surface area contributed by atoms with Gasteiger partial charge in [-0.1, -0.05) is 12.1 Å². The second-order valence-corrected chi connectivity index (χ2v) is 6.66. The number of likely N-dealkylation sites (tertiary alicyclic amines) is 1. The van der Waals surface area contributed by atoms with E-state index in [1.807, 2.05) is 18.2 Å². The Labute approximate surface area is 153 Å². The number of nitrogens with one attached hydrogen (secondary N) is 1. The van der Waals surface area contributed by atoms with E-state index in [4.69, 9.17) is 5.11 Å². The van der Waals surface area contributed by atoms with Crippen LogP contribution in [0, 0.1) is 0 Å². The van der Waals surface area contributed by atoms with Gasteiger partial charge in [0.15, 0.2) is 0 Å². The van der Waals surface area contributed by atoms with Crippen molar-refractivity contribution in [2.45, 2.75) is 25.4 Å². The van der Waals surface area contributed by atoms with E-state index in [2.05, 4.69) is 10.1 Å². The zero-order chi connectivity index (χ0) is 19.0. The molecule has 3 heterocycles. The Morgan fingerprint density at radius 1 is 1.22 bits per heavy atom. The van der Waals surface area contributed by atoms with Gasteiger partial charge in [-0.2, -0.15) is 5.10 Å². The lowest BCUT2D eigenvalue weighted by Crippen LogP contribution is -2.41. The molecule has 1 saturated heterocycles. The number of carbonyl (C=O) groups excluding carboxylic acids is 1. The van der Waals surface area contributed by atoms with Gasteiger partial charge in [0.1, 0.15) is 6.54 Å². The quantitative estimate of drug-likeness (QED) is 0.715. The second kappa shape index (κ2) is 6.75. The third-order valence-corrected chi connectivity index (χ3v) is 5.01. The Morgan fingerprint density at radius 2 is 1.96 bits per heavy atom. The summed E-state index contributed by atoms with van der Waals surface area (Å²) < 4.78 is 3.12. The molecule has 140 valence electrons. The van der Waals surface area contributed by atoms with Crippen LogP contribution in [0.3, 0.4) is 0 Å². The molecule has 0 spiro atoms. The number of para-hydroxylation sites is 2. The van der Waals surface area contributed by atoms with Crippen LogP contribution < -0.4 is 5.69 Å². The summed E-state index contributed by atoms with van der Waals surface area (Å²) >= 11 is 0. The molecule has 0 saturated carbocycles. The van der Waals surface area contributed by atoms with E-state index in [1.165, 1.54) is 17.0 Å². The van der Waals surface area contributed by atoms with Gasteiger partial charge in [-0.05, 0) is 25.0 Å². The third kappa shape index (κ3) is 3.23. The SMILES string of the molecule is O=C(O)c1cnn(C2CCN(C(=O)Cn3c(=O)[nH]c4ccccc43)CC2)c1. The molecule has 2 N–H and O–H groups in total. The highest BCUT2D eigenvalue weighted by molar-refractivity contribution is 5.86. The van der Waals surface area contributed by atoms with Crippen LogP contribution in [0.2, 0.25) is 0 Å². The van der Waals surface area contributed by atoms with Gasteiger partial charge in [-0.3, -0.25) is 14.0 Å². The molecule has 0 atom stereocenters. The van der Waals surface area contributed by atoms with Crippen molar-refractivity contribution in [1.29, 1.82) is 0 Å². The fraction of sp³-hybridized carbons (Fsp3) is 0.333. The molecule has 3 aromatic rings. The fourth-order valence-corrected chi connectivity index (χ4v) is 3.53. The van der Waals surface area contributed by atoms with Crippen LogP contribution in [-0.4, -0.2) is 54.3 Å². The van der Waals surface area contributed by atoms with Gasteiger partial charge in [0, 0.05) is 19.3 Å². The summed E-state index contributed by atoms with van der Waals surface area (Å²) in [5.74, 6) is -1.11. The summed E-state index contributed by atoms with van der Waals surface area (Å²) in [5, 5.41) is 13.1. The Balaban J connectivity index is 1.41. The molecule has 0 radical (unpaired) electrons. The first-order valence-electron chi connectivity index (χ1n) is 8.75. The molecule has 4 rings (SSSR count). The maximum Gasteiger partial charge on any atom is 0.338 e. The number of H-pyrrole nitrogens is 1.